The molecule has 0 radical (unpaired) electrons. The zero-order chi connectivity index (χ0) is 14.5. The molecule has 0 fully saturated rings. The third-order valence-electron chi connectivity index (χ3n) is 2.95. The highest BCUT2D eigenvalue weighted by Crippen LogP contribution is 2.19. The van der Waals surface area contributed by atoms with Crippen molar-refractivity contribution in [3.63, 3.8) is 0 Å². The lowest BCUT2D eigenvalue weighted by atomic mass is 10.3. The predicted octanol–water partition coefficient (Wildman–Crippen LogP) is 2.91. The van der Waals surface area contributed by atoms with Crippen molar-refractivity contribution >= 4 is 28.6 Å². The molecule has 0 atom stereocenters. The number of benzene rings is 1. The number of imidazole rings is 1. The van der Waals surface area contributed by atoms with E-state index in [1.54, 1.807) is 13.0 Å². The van der Waals surface area contributed by atoms with E-state index in [1.165, 1.54) is 12.1 Å². The molecule has 108 valence electrons. The highest BCUT2D eigenvalue weighted by molar-refractivity contribution is 6.17. The van der Waals surface area contributed by atoms with Gasteiger partial charge in [-0.25, -0.2) is 9.37 Å². The first-order chi connectivity index (χ1) is 9.65. The van der Waals surface area contributed by atoms with Gasteiger partial charge in [-0.1, -0.05) is 0 Å². The summed E-state index contributed by atoms with van der Waals surface area (Å²) in [5, 5.41) is 0. The fraction of sp³-hybridized carbons (Fsp3) is 0.429. The van der Waals surface area contributed by atoms with E-state index < -0.39 is 0 Å². The van der Waals surface area contributed by atoms with Gasteiger partial charge in [-0.3, -0.25) is 4.79 Å². The van der Waals surface area contributed by atoms with Gasteiger partial charge < -0.3 is 9.30 Å². The molecule has 1 aromatic carbocycles. The van der Waals surface area contributed by atoms with Crippen LogP contribution in [0.3, 0.4) is 0 Å². The zero-order valence-electron chi connectivity index (χ0n) is 11.2. The molecule has 0 aliphatic carbocycles. The number of hydrogen-bond donors (Lipinski definition) is 0. The average molecular weight is 299 g/mol. The normalized spacial score (nSPS) is 10.9. The van der Waals surface area contributed by atoms with Crippen molar-refractivity contribution in [1.82, 2.24) is 9.55 Å². The van der Waals surface area contributed by atoms with Crippen LogP contribution < -0.4 is 0 Å². The van der Waals surface area contributed by atoms with Crippen molar-refractivity contribution in [2.75, 3.05) is 12.5 Å². The van der Waals surface area contributed by atoms with E-state index in [2.05, 4.69) is 4.98 Å². The molecule has 0 saturated heterocycles. The monoisotopic (exact) mass is 298 g/mol. The number of nitrogens with zero attached hydrogens (tertiary/aromatic N) is 2. The van der Waals surface area contributed by atoms with Gasteiger partial charge in [0.25, 0.3) is 0 Å². The van der Waals surface area contributed by atoms with Crippen LogP contribution in [0.15, 0.2) is 18.2 Å². The number of halogens is 2. The van der Waals surface area contributed by atoms with Gasteiger partial charge in [0, 0.05) is 18.8 Å². The van der Waals surface area contributed by atoms with Crippen LogP contribution in [0.4, 0.5) is 4.39 Å². The second-order valence-corrected chi connectivity index (χ2v) is 4.68. The Labute approximate surface area is 121 Å². The largest absolute Gasteiger partial charge is 0.466 e. The van der Waals surface area contributed by atoms with Crippen LogP contribution >= 0.6 is 11.6 Å². The Kier molecular flexibility index (Phi) is 4.95. The molecule has 1 heterocycles. The van der Waals surface area contributed by atoms with E-state index in [1.807, 2.05) is 4.57 Å². The molecule has 20 heavy (non-hydrogen) atoms. The molecule has 0 saturated carbocycles. The van der Waals surface area contributed by atoms with Crippen LogP contribution in [0.5, 0.6) is 0 Å². The number of aromatic nitrogens is 2. The number of aryl methyl sites for hydroxylation is 2. The molecule has 1 aromatic heterocycles. The lowest BCUT2D eigenvalue weighted by Gasteiger charge is -2.08. The maximum atomic E-state index is 13.4. The highest BCUT2D eigenvalue weighted by Gasteiger charge is 2.12. The molecule has 0 N–H and O–H groups in total. The van der Waals surface area contributed by atoms with Crippen molar-refractivity contribution in [3.05, 3.63) is 29.8 Å². The molecule has 0 aliphatic rings. The highest BCUT2D eigenvalue weighted by atomic mass is 35.5. The Hall–Kier alpha value is -1.62. The van der Waals surface area contributed by atoms with E-state index in [0.29, 0.717) is 36.5 Å². The van der Waals surface area contributed by atoms with Gasteiger partial charge in [0.15, 0.2) is 0 Å². The number of rotatable bonds is 6. The summed E-state index contributed by atoms with van der Waals surface area (Å²) < 4.78 is 20.1. The molecule has 0 amide bonds. The Morgan fingerprint density at radius 3 is 3.00 bits per heavy atom. The first-order valence-corrected chi connectivity index (χ1v) is 7.05. The van der Waals surface area contributed by atoms with Crippen molar-refractivity contribution in [2.24, 2.45) is 0 Å². The number of alkyl halides is 1. The summed E-state index contributed by atoms with van der Waals surface area (Å²) in [4.78, 5) is 15.9. The molecule has 0 bridgehead atoms. The van der Waals surface area contributed by atoms with Crippen LogP contribution in [0.2, 0.25) is 0 Å². The molecule has 2 rings (SSSR count). The van der Waals surface area contributed by atoms with E-state index in [9.17, 15) is 9.18 Å². The Morgan fingerprint density at radius 1 is 1.50 bits per heavy atom. The van der Waals surface area contributed by atoms with E-state index in [-0.39, 0.29) is 18.2 Å². The van der Waals surface area contributed by atoms with Gasteiger partial charge in [0.1, 0.15) is 11.6 Å². The van der Waals surface area contributed by atoms with E-state index in [4.69, 9.17) is 16.3 Å². The first-order valence-electron chi connectivity index (χ1n) is 6.52. The van der Waals surface area contributed by atoms with E-state index >= 15 is 0 Å². The summed E-state index contributed by atoms with van der Waals surface area (Å²) in [5.41, 5.74) is 1.38. The third-order valence-corrected chi connectivity index (χ3v) is 3.14. The fourth-order valence-corrected chi connectivity index (χ4v) is 2.28. The number of carbonyl (C=O) groups is 1. The van der Waals surface area contributed by atoms with Gasteiger partial charge in [-0.15, -0.1) is 11.6 Å². The Bertz CT molecular complexity index is 612. The summed E-state index contributed by atoms with van der Waals surface area (Å²) in [7, 11) is 0. The third kappa shape index (κ3) is 3.28. The van der Waals surface area contributed by atoms with Crippen LogP contribution in [-0.4, -0.2) is 28.0 Å². The number of carbonyl (C=O) groups excluding carboxylic acids is 1. The van der Waals surface area contributed by atoms with Crippen molar-refractivity contribution < 1.29 is 13.9 Å². The topological polar surface area (TPSA) is 44.1 Å². The minimum absolute atomic E-state index is 0.227. The Balaban J connectivity index is 2.30. The first kappa shape index (κ1) is 14.8. The molecular weight excluding hydrogens is 283 g/mol. The Morgan fingerprint density at radius 2 is 2.30 bits per heavy atom. The summed E-state index contributed by atoms with van der Waals surface area (Å²) in [5.74, 6) is 0.574. The second-order valence-electron chi connectivity index (χ2n) is 4.31. The van der Waals surface area contributed by atoms with Crippen molar-refractivity contribution in [1.29, 1.82) is 0 Å². The van der Waals surface area contributed by atoms with Crippen LogP contribution in [-0.2, 0) is 22.5 Å². The smallest absolute Gasteiger partial charge is 0.307 e. The molecule has 2 aromatic rings. The quantitative estimate of drug-likeness (QED) is 0.608. The molecule has 0 unspecified atom stereocenters. The van der Waals surface area contributed by atoms with E-state index in [0.717, 1.165) is 5.82 Å². The van der Waals surface area contributed by atoms with Gasteiger partial charge in [-0.05, 0) is 25.1 Å². The summed E-state index contributed by atoms with van der Waals surface area (Å²) in [6, 6.07) is 4.42. The van der Waals surface area contributed by atoms with Crippen molar-refractivity contribution in [3.8, 4) is 0 Å². The molecule has 6 heteroatoms. The minimum Gasteiger partial charge on any atom is -0.466 e. The van der Waals surface area contributed by atoms with Crippen molar-refractivity contribution in [2.45, 2.75) is 26.3 Å². The number of hydrogen-bond acceptors (Lipinski definition) is 3. The molecule has 4 nitrogen and oxygen atoms in total. The number of esters is 1. The second kappa shape index (κ2) is 6.70. The van der Waals surface area contributed by atoms with Gasteiger partial charge in [0.2, 0.25) is 0 Å². The SMILES string of the molecule is CCOC(=O)CCn1c(CCCl)nc2ccc(F)cc21. The van der Waals surface area contributed by atoms with Crippen LogP contribution in [0, 0.1) is 5.82 Å². The lowest BCUT2D eigenvalue weighted by molar-refractivity contribution is -0.143. The molecule has 0 aliphatic heterocycles. The van der Waals surface area contributed by atoms with Crippen LogP contribution in [0.25, 0.3) is 11.0 Å². The van der Waals surface area contributed by atoms with Crippen LogP contribution in [0.1, 0.15) is 19.2 Å². The molecule has 0 spiro atoms. The maximum Gasteiger partial charge on any atom is 0.307 e. The minimum atomic E-state index is -0.327. The van der Waals surface area contributed by atoms with Gasteiger partial charge in [-0.2, -0.15) is 0 Å². The zero-order valence-corrected chi connectivity index (χ0v) is 12.0. The average Bonchev–Trinajstić information content (AvgIpc) is 2.74. The maximum absolute atomic E-state index is 13.4. The van der Waals surface area contributed by atoms with Gasteiger partial charge in [0.05, 0.1) is 24.1 Å². The predicted molar refractivity (Wildman–Crippen MR) is 75.4 cm³/mol. The van der Waals surface area contributed by atoms with Gasteiger partial charge >= 0.3 is 5.97 Å². The number of fused-ring (bicyclic) bond motifs is 1. The summed E-state index contributed by atoms with van der Waals surface area (Å²) in [6.45, 7) is 2.52. The summed E-state index contributed by atoms with van der Waals surface area (Å²) >= 11 is 5.76. The summed E-state index contributed by atoms with van der Waals surface area (Å²) in [6.07, 6.45) is 0.797. The number of ether oxygens (including phenoxy) is 1. The fourth-order valence-electron chi connectivity index (χ4n) is 2.11. The molecular formula is C14H16ClFN2O2. The standard InChI is InChI=1S/C14H16ClFN2O2/c1-2-20-14(19)6-8-18-12-9-10(16)3-4-11(12)17-13(18)5-7-15/h3-4,9H,2,5-8H2,1H3. The lowest BCUT2D eigenvalue weighted by Crippen LogP contribution is -2.11.